The van der Waals surface area contributed by atoms with E-state index in [0.29, 0.717) is 0 Å². The normalized spacial score (nSPS) is 20.1. The van der Waals surface area contributed by atoms with E-state index in [1.807, 2.05) is 23.5 Å². The molecular formula is C24H40S4. The predicted molar refractivity (Wildman–Crippen MR) is 139 cm³/mol. The fourth-order valence-corrected chi connectivity index (χ4v) is 9.29. The minimum Gasteiger partial charge on any atom is -0.0849 e. The molecule has 0 aromatic rings. The number of unbranched alkanes of at least 4 members (excludes halogenated alkanes) is 10. The molecule has 0 amide bonds. The van der Waals surface area contributed by atoms with Crippen molar-refractivity contribution >= 4 is 47.0 Å². The first-order chi connectivity index (χ1) is 13.7. The van der Waals surface area contributed by atoms with E-state index in [2.05, 4.69) is 51.2 Å². The van der Waals surface area contributed by atoms with Crippen LogP contribution in [0.1, 0.15) is 118 Å². The van der Waals surface area contributed by atoms with E-state index >= 15 is 0 Å². The van der Waals surface area contributed by atoms with Crippen LogP contribution in [0.2, 0.25) is 0 Å². The molecule has 0 radical (unpaired) electrons. The van der Waals surface area contributed by atoms with Crippen molar-refractivity contribution in [3.8, 4) is 0 Å². The van der Waals surface area contributed by atoms with Gasteiger partial charge in [0.2, 0.25) is 0 Å². The van der Waals surface area contributed by atoms with Crippen molar-refractivity contribution in [2.45, 2.75) is 118 Å². The van der Waals surface area contributed by atoms with E-state index in [9.17, 15) is 0 Å². The average molecular weight is 457 g/mol. The Morgan fingerprint density at radius 3 is 1.21 bits per heavy atom. The van der Waals surface area contributed by atoms with E-state index in [0.717, 1.165) is 0 Å². The lowest BCUT2D eigenvalue weighted by Crippen LogP contribution is -1.81. The maximum Gasteiger partial charge on any atom is 0.0699 e. The van der Waals surface area contributed by atoms with Crippen LogP contribution in [-0.2, 0) is 0 Å². The van der Waals surface area contributed by atoms with Gasteiger partial charge in [0.15, 0.2) is 0 Å². The molecule has 2 rings (SSSR count). The lowest BCUT2D eigenvalue weighted by atomic mass is 10.1. The van der Waals surface area contributed by atoms with Crippen molar-refractivity contribution in [1.29, 1.82) is 0 Å². The molecule has 0 aliphatic carbocycles. The van der Waals surface area contributed by atoms with E-state index in [4.69, 9.17) is 0 Å². The molecule has 0 aromatic carbocycles. The monoisotopic (exact) mass is 456 g/mol. The lowest BCUT2D eigenvalue weighted by molar-refractivity contribution is 0.610. The molecule has 0 spiro atoms. The third kappa shape index (κ3) is 8.78. The minimum absolute atomic E-state index is 1.29. The number of thioether (sulfide) groups is 4. The largest absolute Gasteiger partial charge is 0.0849 e. The van der Waals surface area contributed by atoms with Gasteiger partial charge in [-0.2, -0.15) is 0 Å². The highest BCUT2D eigenvalue weighted by Gasteiger charge is 2.26. The highest BCUT2D eigenvalue weighted by Crippen LogP contribution is 2.60. The Morgan fingerprint density at radius 2 is 0.821 bits per heavy atom. The van der Waals surface area contributed by atoms with Crippen molar-refractivity contribution in [3.63, 3.8) is 0 Å². The molecule has 0 nitrogen and oxygen atoms in total. The molecular weight excluding hydrogens is 417 g/mol. The van der Waals surface area contributed by atoms with Crippen LogP contribution in [0.25, 0.3) is 0 Å². The van der Waals surface area contributed by atoms with E-state index in [1.54, 1.807) is 28.1 Å². The van der Waals surface area contributed by atoms with Gasteiger partial charge in [-0.05, 0) is 59.2 Å². The van der Waals surface area contributed by atoms with Crippen LogP contribution in [0.5, 0.6) is 0 Å². The minimum atomic E-state index is 1.29. The van der Waals surface area contributed by atoms with Crippen LogP contribution in [0.3, 0.4) is 0 Å². The highest BCUT2D eigenvalue weighted by atomic mass is 32.2. The Hall–Kier alpha value is 0.620. The zero-order chi connectivity index (χ0) is 20.2. The van der Waals surface area contributed by atoms with Gasteiger partial charge in [0.05, 0.1) is 8.47 Å². The molecule has 0 atom stereocenters. The molecule has 0 fully saturated rings. The molecule has 0 bridgehead atoms. The average Bonchev–Trinajstić information content (AvgIpc) is 3.24. The summed E-state index contributed by atoms with van der Waals surface area (Å²) in [7, 11) is 0. The van der Waals surface area contributed by atoms with Crippen LogP contribution in [0.15, 0.2) is 28.1 Å². The number of hydrogen-bond acceptors (Lipinski definition) is 4. The second kappa shape index (κ2) is 14.6. The van der Waals surface area contributed by atoms with Crippen LogP contribution >= 0.6 is 47.0 Å². The molecule has 0 aromatic heterocycles. The summed E-state index contributed by atoms with van der Waals surface area (Å²) in [5.41, 5.74) is 0. The second-order valence-corrected chi connectivity index (χ2v) is 13.2. The fraction of sp³-hybridized carbons (Fsp3) is 0.750. The fourth-order valence-electron chi connectivity index (χ4n) is 3.55. The molecule has 2 heterocycles. The standard InChI is InChI=1S/C24H40S4/c1-5-7-9-11-13-15-17-21-19(3)25-23(27-21)24-26-20(4)22(28-24)18-16-14-12-10-8-6-2/h5-18H2,1-4H3. The van der Waals surface area contributed by atoms with Crippen LogP contribution < -0.4 is 0 Å². The number of allylic oxidation sites excluding steroid dienone is 4. The number of hydrogen-bond donors (Lipinski definition) is 0. The summed E-state index contributed by atoms with van der Waals surface area (Å²) in [4.78, 5) is 6.41. The topological polar surface area (TPSA) is 0 Å². The van der Waals surface area contributed by atoms with Crippen LogP contribution in [-0.4, -0.2) is 0 Å². The van der Waals surface area contributed by atoms with Gasteiger partial charge in [-0.3, -0.25) is 0 Å². The van der Waals surface area contributed by atoms with Gasteiger partial charge in [-0.1, -0.05) is 125 Å². The molecule has 2 aliphatic heterocycles. The van der Waals surface area contributed by atoms with Gasteiger partial charge in [0.25, 0.3) is 0 Å². The summed E-state index contributed by atoms with van der Waals surface area (Å²) in [6, 6.07) is 0. The zero-order valence-corrected chi connectivity index (χ0v) is 21.8. The first-order valence-corrected chi connectivity index (χ1v) is 14.8. The van der Waals surface area contributed by atoms with Crippen molar-refractivity contribution in [2.75, 3.05) is 0 Å². The quantitative estimate of drug-likeness (QED) is 0.238. The summed E-state index contributed by atoms with van der Waals surface area (Å²) in [6.07, 6.45) is 19.3. The molecule has 0 saturated carbocycles. The maximum absolute atomic E-state index is 2.33. The van der Waals surface area contributed by atoms with Gasteiger partial charge < -0.3 is 0 Å². The highest BCUT2D eigenvalue weighted by molar-refractivity contribution is 8.34. The van der Waals surface area contributed by atoms with Gasteiger partial charge in [0, 0.05) is 0 Å². The Kier molecular flexibility index (Phi) is 13.0. The Bertz CT molecular complexity index is 521. The summed E-state index contributed by atoms with van der Waals surface area (Å²) in [5, 5.41) is 0. The van der Waals surface area contributed by atoms with Gasteiger partial charge in [0.1, 0.15) is 0 Å². The van der Waals surface area contributed by atoms with Crippen molar-refractivity contribution in [1.82, 2.24) is 0 Å². The predicted octanol–water partition coefficient (Wildman–Crippen LogP) is 11.0. The third-order valence-electron chi connectivity index (χ3n) is 5.39. The molecule has 0 N–H and O–H groups in total. The molecule has 28 heavy (non-hydrogen) atoms. The molecule has 0 saturated heterocycles. The van der Waals surface area contributed by atoms with Crippen molar-refractivity contribution < 1.29 is 0 Å². The summed E-state index contributed by atoms with van der Waals surface area (Å²) >= 11 is 8.24. The van der Waals surface area contributed by atoms with Crippen LogP contribution in [0, 0.1) is 0 Å². The summed E-state index contributed by atoms with van der Waals surface area (Å²) in [6.45, 7) is 9.26. The SMILES string of the molecule is CCCCCCCCC1=C(C)SC(=C2SC(C)=C(CCCCCCCC)S2)S1. The molecule has 0 unspecified atom stereocenters. The van der Waals surface area contributed by atoms with Crippen molar-refractivity contribution in [3.05, 3.63) is 28.1 Å². The Labute approximate surface area is 192 Å². The molecule has 160 valence electrons. The van der Waals surface area contributed by atoms with Gasteiger partial charge >= 0.3 is 0 Å². The molecule has 4 heteroatoms. The van der Waals surface area contributed by atoms with E-state index in [1.165, 1.54) is 89.9 Å². The van der Waals surface area contributed by atoms with Gasteiger partial charge in [-0.25, -0.2) is 0 Å². The molecule has 2 aliphatic rings. The third-order valence-corrected chi connectivity index (χ3v) is 11.3. The van der Waals surface area contributed by atoms with Crippen molar-refractivity contribution in [2.24, 2.45) is 0 Å². The first kappa shape index (κ1) is 24.9. The lowest BCUT2D eigenvalue weighted by Gasteiger charge is -2.05. The second-order valence-electron chi connectivity index (χ2n) is 7.98. The van der Waals surface area contributed by atoms with E-state index < -0.39 is 0 Å². The zero-order valence-electron chi connectivity index (χ0n) is 18.5. The summed E-state index contributed by atoms with van der Waals surface area (Å²) < 4.78 is 3.12. The first-order valence-electron chi connectivity index (χ1n) is 11.5. The summed E-state index contributed by atoms with van der Waals surface area (Å²) in [5.74, 6) is 0. The maximum atomic E-state index is 2.33. The Morgan fingerprint density at radius 1 is 0.464 bits per heavy atom. The smallest absolute Gasteiger partial charge is 0.0699 e. The van der Waals surface area contributed by atoms with Crippen LogP contribution in [0.4, 0.5) is 0 Å². The van der Waals surface area contributed by atoms with Gasteiger partial charge in [-0.15, -0.1) is 0 Å². The number of rotatable bonds is 14. The Balaban J connectivity index is 1.71. The van der Waals surface area contributed by atoms with E-state index in [-0.39, 0.29) is 0 Å².